The second-order valence-electron chi connectivity index (χ2n) is 5.84. The summed E-state index contributed by atoms with van der Waals surface area (Å²) in [5, 5.41) is 20.0. The van der Waals surface area contributed by atoms with Gasteiger partial charge in [0, 0.05) is 18.3 Å². The molecular formula is C19H18N2O4. The van der Waals surface area contributed by atoms with E-state index in [2.05, 4.69) is 4.98 Å². The van der Waals surface area contributed by atoms with Crippen molar-refractivity contribution >= 4 is 17.4 Å². The van der Waals surface area contributed by atoms with E-state index in [1.165, 1.54) is 4.90 Å². The van der Waals surface area contributed by atoms with E-state index >= 15 is 0 Å². The minimum atomic E-state index is -0.824. The molecule has 2 heterocycles. The van der Waals surface area contributed by atoms with E-state index in [1.54, 1.807) is 36.5 Å². The molecule has 0 spiro atoms. The number of carbonyl (C=O) groups is 2. The van der Waals surface area contributed by atoms with E-state index in [4.69, 9.17) is 0 Å². The second kappa shape index (κ2) is 6.86. The van der Waals surface area contributed by atoms with Crippen molar-refractivity contribution in [2.24, 2.45) is 0 Å². The van der Waals surface area contributed by atoms with Crippen LogP contribution >= 0.6 is 0 Å². The molecule has 1 aromatic carbocycles. The smallest absolute Gasteiger partial charge is 0.295 e. The molecule has 0 aliphatic carbocycles. The van der Waals surface area contributed by atoms with Crippen molar-refractivity contribution in [2.75, 3.05) is 13.2 Å². The summed E-state index contributed by atoms with van der Waals surface area (Å²) in [6.07, 6.45) is 1.56. The van der Waals surface area contributed by atoms with Crippen LogP contribution in [0.1, 0.15) is 22.9 Å². The summed E-state index contributed by atoms with van der Waals surface area (Å²) in [4.78, 5) is 30.4. The fourth-order valence-corrected chi connectivity index (χ4v) is 2.93. The second-order valence-corrected chi connectivity index (χ2v) is 5.84. The van der Waals surface area contributed by atoms with Gasteiger partial charge in [-0.05, 0) is 19.1 Å². The first-order valence-electron chi connectivity index (χ1n) is 7.92. The molecule has 2 aromatic rings. The lowest BCUT2D eigenvalue weighted by atomic mass is 9.98. The molecule has 25 heavy (non-hydrogen) atoms. The number of nitrogens with zero attached hydrogens (tertiary/aromatic N) is 2. The van der Waals surface area contributed by atoms with Crippen molar-refractivity contribution in [3.05, 3.63) is 71.1 Å². The Bertz CT molecular complexity index is 828. The fraction of sp³-hybridized carbons (Fsp3) is 0.211. The summed E-state index contributed by atoms with van der Waals surface area (Å²) < 4.78 is 0. The van der Waals surface area contributed by atoms with Gasteiger partial charge in [-0.1, -0.05) is 35.9 Å². The van der Waals surface area contributed by atoms with Crippen LogP contribution in [0.3, 0.4) is 0 Å². The molecule has 1 saturated heterocycles. The van der Waals surface area contributed by atoms with Gasteiger partial charge in [-0.2, -0.15) is 0 Å². The molecule has 1 amide bonds. The fourth-order valence-electron chi connectivity index (χ4n) is 2.93. The van der Waals surface area contributed by atoms with Gasteiger partial charge in [-0.3, -0.25) is 14.6 Å². The van der Waals surface area contributed by atoms with Gasteiger partial charge in [-0.25, -0.2) is 0 Å². The van der Waals surface area contributed by atoms with Crippen LogP contribution in [0.4, 0.5) is 0 Å². The minimum Gasteiger partial charge on any atom is -0.507 e. The molecule has 1 atom stereocenters. The third kappa shape index (κ3) is 3.04. The van der Waals surface area contributed by atoms with Crippen molar-refractivity contribution in [3.63, 3.8) is 0 Å². The number of β-amino-alcohol motifs (C(OH)–C–C–N with tert-alkyl or cyclic N) is 1. The largest absolute Gasteiger partial charge is 0.507 e. The van der Waals surface area contributed by atoms with Crippen molar-refractivity contribution in [2.45, 2.75) is 13.0 Å². The van der Waals surface area contributed by atoms with Crippen LogP contribution in [0.5, 0.6) is 0 Å². The van der Waals surface area contributed by atoms with Crippen molar-refractivity contribution in [1.82, 2.24) is 9.88 Å². The Morgan fingerprint density at radius 1 is 1.16 bits per heavy atom. The molecule has 1 fully saturated rings. The number of hydrogen-bond acceptors (Lipinski definition) is 5. The Morgan fingerprint density at radius 3 is 2.48 bits per heavy atom. The Kier molecular flexibility index (Phi) is 4.63. The number of carbonyl (C=O) groups excluding carboxylic acids is 2. The monoisotopic (exact) mass is 338 g/mol. The van der Waals surface area contributed by atoms with Crippen LogP contribution < -0.4 is 0 Å². The number of likely N-dealkylation sites (tertiary alicyclic amines) is 1. The van der Waals surface area contributed by atoms with Crippen LogP contribution in [-0.2, 0) is 9.59 Å². The van der Waals surface area contributed by atoms with Gasteiger partial charge in [-0.15, -0.1) is 0 Å². The molecule has 0 bridgehead atoms. The van der Waals surface area contributed by atoms with E-state index in [-0.39, 0.29) is 24.5 Å². The number of aromatic nitrogens is 1. The summed E-state index contributed by atoms with van der Waals surface area (Å²) in [5.41, 5.74) is 1.91. The van der Waals surface area contributed by atoms with Crippen molar-refractivity contribution < 1.29 is 19.8 Å². The van der Waals surface area contributed by atoms with Gasteiger partial charge in [0.15, 0.2) is 0 Å². The van der Waals surface area contributed by atoms with E-state index < -0.39 is 17.7 Å². The Balaban J connectivity index is 2.17. The number of pyridine rings is 1. The third-order valence-electron chi connectivity index (χ3n) is 4.17. The summed E-state index contributed by atoms with van der Waals surface area (Å²) in [7, 11) is 0. The van der Waals surface area contributed by atoms with Crippen LogP contribution in [0.15, 0.2) is 54.2 Å². The SMILES string of the molecule is Cc1ccc(/C(O)=C2/C(=O)C(=O)N(CCO)C2c2ccccn2)cc1. The number of aliphatic hydroxyl groups is 2. The molecule has 1 aromatic heterocycles. The third-order valence-corrected chi connectivity index (χ3v) is 4.17. The highest BCUT2D eigenvalue weighted by Crippen LogP contribution is 2.38. The van der Waals surface area contributed by atoms with Crippen LogP contribution in [-0.4, -0.2) is 44.9 Å². The summed E-state index contributed by atoms with van der Waals surface area (Å²) >= 11 is 0. The van der Waals surface area contributed by atoms with Gasteiger partial charge >= 0.3 is 0 Å². The van der Waals surface area contributed by atoms with E-state index in [0.29, 0.717) is 11.3 Å². The Hall–Kier alpha value is -2.99. The number of Topliss-reactive ketones (excluding diaryl/α,β-unsaturated/α-hetero) is 1. The summed E-state index contributed by atoms with van der Waals surface area (Å²) in [6, 6.07) is 11.3. The molecule has 1 unspecified atom stereocenters. The van der Waals surface area contributed by atoms with Gasteiger partial charge < -0.3 is 15.1 Å². The van der Waals surface area contributed by atoms with Gasteiger partial charge in [0.05, 0.1) is 17.9 Å². The highest BCUT2D eigenvalue weighted by Gasteiger charge is 2.46. The summed E-state index contributed by atoms with van der Waals surface area (Å²) in [6.45, 7) is 1.61. The van der Waals surface area contributed by atoms with E-state index in [0.717, 1.165) is 5.56 Å². The number of aryl methyl sites for hydroxylation is 1. The van der Waals surface area contributed by atoms with Gasteiger partial charge in [0.1, 0.15) is 11.8 Å². The van der Waals surface area contributed by atoms with Crippen molar-refractivity contribution in [1.29, 1.82) is 0 Å². The first kappa shape index (κ1) is 16.9. The lowest BCUT2D eigenvalue weighted by Gasteiger charge is -2.23. The predicted molar refractivity (Wildman–Crippen MR) is 91.5 cm³/mol. The lowest BCUT2D eigenvalue weighted by Crippen LogP contribution is -2.32. The average Bonchev–Trinajstić information content (AvgIpc) is 2.88. The Labute approximate surface area is 145 Å². The van der Waals surface area contributed by atoms with Gasteiger partial charge in [0.25, 0.3) is 11.7 Å². The highest BCUT2D eigenvalue weighted by molar-refractivity contribution is 6.46. The minimum absolute atomic E-state index is 0.0130. The standard InChI is InChI=1S/C19H18N2O4/c1-12-5-7-13(8-6-12)17(23)15-16(14-4-2-3-9-20-14)21(10-11-22)19(25)18(15)24/h2-9,16,22-23H,10-11H2,1H3/b17-15-. The Morgan fingerprint density at radius 2 is 1.88 bits per heavy atom. The first-order chi connectivity index (χ1) is 12.0. The highest BCUT2D eigenvalue weighted by atomic mass is 16.3. The normalized spacial score (nSPS) is 19.4. The maximum Gasteiger partial charge on any atom is 0.295 e. The molecule has 1 aliphatic rings. The number of hydrogen-bond donors (Lipinski definition) is 2. The van der Waals surface area contributed by atoms with Gasteiger partial charge in [0.2, 0.25) is 0 Å². The predicted octanol–water partition coefficient (Wildman–Crippen LogP) is 1.80. The van der Waals surface area contributed by atoms with Crippen LogP contribution in [0, 0.1) is 6.92 Å². The zero-order chi connectivity index (χ0) is 18.0. The number of benzene rings is 1. The maximum absolute atomic E-state index is 12.5. The molecule has 128 valence electrons. The number of rotatable bonds is 4. The molecule has 2 N–H and O–H groups in total. The first-order valence-corrected chi connectivity index (χ1v) is 7.92. The number of aliphatic hydroxyl groups excluding tert-OH is 2. The zero-order valence-corrected chi connectivity index (χ0v) is 13.7. The average molecular weight is 338 g/mol. The van der Waals surface area contributed by atoms with Crippen LogP contribution in [0.25, 0.3) is 5.76 Å². The number of ketones is 1. The summed E-state index contributed by atoms with van der Waals surface area (Å²) in [5.74, 6) is -1.77. The van der Waals surface area contributed by atoms with E-state index in [9.17, 15) is 19.8 Å². The zero-order valence-electron chi connectivity index (χ0n) is 13.7. The quantitative estimate of drug-likeness (QED) is 0.504. The molecule has 0 saturated carbocycles. The molecule has 3 rings (SSSR count). The molecule has 1 aliphatic heterocycles. The van der Waals surface area contributed by atoms with Crippen molar-refractivity contribution in [3.8, 4) is 0 Å². The number of amides is 1. The molecule has 6 heteroatoms. The maximum atomic E-state index is 12.5. The topological polar surface area (TPSA) is 90.7 Å². The lowest BCUT2D eigenvalue weighted by molar-refractivity contribution is -0.140. The molecule has 0 radical (unpaired) electrons. The molecule has 6 nitrogen and oxygen atoms in total. The van der Waals surface area contributed by atoms with E-state index in [1.807, 2.05) is 19.1 Å². The van der Waals surface area contributed by atoms with Crippen LogP contribution in [0.2, 0.25) is 0 Å². The molecular weight excluding hydrogens is 320 g/mol.